The van der Waals surface area contributed by atoms with Gasteiger partial charge < -0.3 is 0 Å². The lowest BCUT2D eigenvalue weighted by molar-refractivity contribution is 0.828. The first-order chi connectivity index (χ1) is 9.39. The molecule has 0 rings (SSSR count). The second-order valence-electron chi connectivity index (χ2n) is 7.12. The molecule has 0 bridgehead atoms. The van der Waals surface area contributed by atoms with Crippen molar-refractivity contribution in [2.24, 2.45) is 0 Å². The molecular formula is C17H39ClPSi+. The van der Waals surface area contributed by atoms with Crippen LogP contribution in [0.4, 0.5) is 0 Å². The van der Waals surface area contributed by atoms with E-state index in [1.807, 2.05) is 0 Å². The lowest BCUT2D eigenvalue weighted by atomic mass is 10.4. The van der Waals surface area contributed by atoms with Gasteiger partial charge in [-0.2, -0.15) is 11.1 Å². The maximum absolute atomic E-state index is 6.53. The monoisotopic (exact) mass is 337 g/mol. The van der Waals surface area contributed by atoms with E-state index in [2.05, 4.69) is 33.9 Å². The molecule has 122 valence electrons. The molecule has 0 aromatic carbocycles. The summed E-state index contributed by atoms with van der Waals surface area (Å²) >= 11 is 6.53. The molecule has 0 saturated carbocycles. The maximum Gasteiger partial charge on any atom is 0.150 e. The van der Waals surface area contributed by atoms with E-state index in [9.17, 15) is 0 Å². The minimum Gasteiger partial charge on any atom is -0.168 e. The van der Waals surface area contributed by atoms with E-state index in [1.165, 1.54) is 57.2 Å². The average Bonchev–Trinajstić information content (AvgIpc) is 2.38. The van der Waals surface area contributed by atoms with E-state index in [0.717, 1.165) is 0 Å². The summed E-state index contributed by atoms with van der Waals surface area (Å²) in [5, 5.41) is 0. The van der Waals surface area contributed by atoms with Gasteiger partial charge >= 0.3 is 0 Å². The first-order valence-electron chi connectivity index (χ1n) is 8.93. The Labute approximate surface area is 135 Å². The van der Waals surface area contributed by atoms with E-state index < -0.39 is 14.6 Å². The van der Waals surface area contributed by atoms with Crippen molar-refractivity contribution in [2.75, 3.05) is 24.6 Å². The predicted octanol–water partition coefficient (Wildman–Crippen LogP) is 7.24. The minimum absolute atomic E-state index is 0.668. The Morgan fingerprint density at radius 1 is 0.700 bits per heavy atom. The summed E-state index contributed by atoms with van der Waals surface area (Å²) in [6.45, 7) is 11.7. The summed E-state index contributed by atoms with van der Waals surface area (Å²) in [4.78, 5) is 0. The van der Waals surface area contributed by atoms with Crippen molar-refractivity contribution < 1.29 is 0 Å². The largest absolute Gasteiger partial charge is 0.168 e. The topological polar surface area (TPSA) is 0 Å². The van der Waals surface area contributed by atoms with Crippen LogP contribution in [-0.2, 0) is 0 Å². The van der Waals surface area contributed by atoms with Crippen molar-refractivity contribution in [3.05, 3.63) is 0 Å². The highest BCUT2D eigenvalue weighted by Crippen LogP contribution is 2.61. The molecule has 20 heavy (non-hydrogen) atoms. The molecule has 0 heterocycles. The first kappa shape index (κ1) is 20.9. The fourth-order valence-electron chi connectivity index (χ4n) is 2.99. The number of hydrogen-bond donors (Lipinski definition) is 0. The van der Waals surface area contributed by atoms with Crippen LogP contribution in [-0.4, -0.2) is 32.0 Å². The lowest BCUT2D eigenvalue weighted by Crippen LogP contribution is -2.18. The zero-order valence-electron chi connectivity index (χ0n) is 14.8. The van der Waals surface area contributed by atoms with Gasteiger partial charge in [-0.25, -0.2) is 0 Å². The average molecular weight is 338 g/mol. The van der Waals surface area contributed by atoms with E-state index in [4.69, 9.17) is 11.1 Å². The van der Waals surface area contributed by atoms with Crippen LogP contribution in [0.3, 0.4) is 0 Å². The Kier molecular flexibility index (Phi) is 12.0. The van der Waals surface area contributed by atoms with Crippen LogP contribution in [0, 0.1) is 0 Å². The number of unbranched alkanes of at least 4 members (excludes halogenated alkanes) is 3. The van der Waals surface area contributed by atoms with Crippen molar-refractivity contribution in [1.82, 2.24) is 0 Å². The summed E-state index contributed by atoms with van der Waals surface area (Å²) in [5.41, 5.74) is 0. The molecule has 0 aliphatic rings. The van der Waals surface area contributed by atoms with Gasteiger partial charge in [0.2, 0.25) is 0 Å². The van der Waals surface area contributed by atoms with Crippen LogP contribution in [0.15, 0.2) is 0 Å². The highest BCUT2D eigenvalue weighted by atomic mass is 35.6. The second kappa shape index (κ2) is 11.5. The van der Waals surface area contributed by atoms with Gasteiger partial charge in [0.15, 0.2) is 7.38 Å². The summed E-state index contributed by atoms with van der Waals surface area (Å²) in [6, 6.07) is 1.32. The van der Waals surface area contributed by atoms with Crippen LogP contribution in [0.2, 0.25) is 19.1 Å². The SMILES string of the molecule is CCCC[P+](CCCC)(CCCC)CCC[Si](C)(C)Cl. The Balaban J connectivity index is 4.57. The van der Waals surface area contributed by atoms with Crippen molar-refractivity contribution >= 4 is 25.7 Å². The molecule has 0 aromatic rings. The molecule has 0 aliphatic carbocycles. The highest BCUT2D eigenvalue weighted by molar-refractivity contribution is 7.75. The molecule has 0 amide bonds. The summed E-state index contributed by atoms with van der Waals surface area (Å²) < 4.78 is 0. The quantitative estimate of drug-likeness (QED) is 0.189. The molecule has 0 unspecified atom stereocenters. The summed E-state index contributed by atoms with van der Waals surface area (Å²) in [5.74, 6) is 0. The van der Waals surface area contributed by atoms with Gasteiger partial charge in [-0.1, -0.05) is 53.1 Å². The van der Waals surface area contributed by atoms with Crippen molar-refractivity contribution in [3.8, 4) is 0 Å². The molecule has 0 atom stereocenters. The van der Waals surface area contributed by atoms with Crippen LogP contribution in [0.5, 0.6) is 0 Å². The first-order valence-corrected chi connectivity index (χ1v) is 15.7. The smallest absolute Gasteiger partial charge is 0.150 e. The number of halogens is 1. The molecule has 0 aliphatic heterocycles. The minimum atomic E-state index is -1.36. The fraction of sp³-hybridized carbons (Fsp3) is 1.00. The Morgan fingerprint density at radius 3 is 1.35 bits per heavy atom. The zero-order chi connectivity index (χ0) is 15.5. The van der Waals surface area contributed by atoms with Crippen molar-refractivity contribution in [2.45, 2.75) is 84.9 Å². The fourth-order valence-corrected chi connectivity index (χ4v) is 9.83. The molecule has 0 fully saturated rings. The molecule has 0 nitrogen and oxygen atoms in total. The van der Waals surface area contributed by atoms with Gasteiger partial charge in [0.05, 0.1) is 24.6 Å². The summed E-state index contributed by atoms with van der Waals surface area (Å²) in [6.07, 6.45) is 16.1. The third-order valence-corrected chi connectivity index (χ3v) is 11.5. The van der Waals surface area contributed by atoms with Gasteiger partial charge in [-0.3, -0.25) is 0 Å². The molecule has 0 N–H and O–H groups in total. The van der Waals surface area contributed by atoms with E-state index in [1.54, 1.807) is 18.5 Å². The molecule has 0 aromatic heterocycles. The van der Waals surface area contributed by atoms with E-state index in [-0.39, 0.29) is 0 Å². The van der Waals surface area contributed by atoms with Crippen LogP contribution < -0.4 is 0 Å². The van der Waals surface area contributed by atoms with Crippen molar-refractivity contribution in [1.29, 1.82) is 0 Å². The Hall–Kier alpha value is 0.937. The standard InChI is InChI=1S/C17H39ClPSi/c1-6-9-13-19(14-10-7-2,15-11-8-3)16-12-17-20(4,5)18/h6-17H2,1-5H3/q+1. The van der Waals surface area contributed by atoms with Crippen LogP contribution in [0.1, 0.15) is 65.7 Å². The molecule has 0 radical (unpaired) electrons. The molecule has 3 heteroatoms. The number of hydrogen-bond acceptors (Lipinski definition) is 0. The molecular weight excluding hydrogens is 299 g/mol. The van der Waals surface area contributed by atoms with Gasteiger partial charge in [0.1, 0.15) is 0 Å². The van der Waals surface area contributed by atoms with E-state index in [0.29, 0.717) is 0 Å². The van der Waals surface area contributed by atoms with Crippen LogP contribution >= 0.6 is 18.3 Å². The Bertz CT molecular complexity index is 204. The molecule has 0 saturated heterocycles. The third kappa shape index (κ3) is 10.6. The summed E-state index contributed by atoms with van der Waals surface area (Å²) in [7, 11) is -2.03. The highest BCUT2D eigenvalue weighted by Gasteiger charge is 2.35. The lowest BCUT2D eigenvalue weighted by Gasteiger charge is -2.28. The van der Waals surface area contributed by atoms with Gasteiger partial charge in [0, 0.05) is 7.26 Å². The number of rotatable bonds is 13. The second-order valence-corrected chi connectivity index (χ2v) is 18.6. The third-order valence-electron chi connectivity index (χ3n) is 4.36. The Morgan fingerprint density at radius 2 is 1.05 bits per heavy atom. The van der Waals surface area contributed by atoms with Gasteiger partial charge in [-0.05, 0) is 31.7 Å². The van der Waals surface area contributed by atoms with E-state index >= 15 is 0 Å². The zero-order valence-corrected chi connectivity index (χ0v) is 17.5. The predicted molar refractivity (Wildman–Crippen MR) is 104 cm³/mol. The van der Waals surface area contributed by atoms with Gasteiger partial charge in [-0.15, -0.1) is 0 Å². The molecule has 0 spiro atoms. The van der Waals surface area contributed by atoms with Crippen LogP contribution in [0.25, 0.3) is 0 Å². The maximum atomic E-state index is 6.53. The van der Waals surface area contributed by atoms with Gasteiger partial charge in [0.25, 0.3) is 0 Å². The normalized spacial score (nSPS) is 12.9. The van der Waals surface area contributed by atoms with Crippen molar-refractivity contribution in [3.63, 3.8) is 0 Å².